The van der Waals surface area contributed by atoms with Crippen molar-refractivity contribution in [2.24, 2.45) is 7.05 Å². The van der Waals surface area contributed by atoms with E-state index in [2.05, 4.69) is 10.6 Å². The highest BCUT2D eigenvalue weighted by atomic mass is 16.1. The van der Waals surface area contributed by atoms with Crippen molar-refractivity contribution in [3.05, 3.63) is 65.9 Å². The number of fused-ring (bicyclic) bond motifs is 3. The second kappa shape index (κ2) is 5.31. The van der Waals surface area contributed by atoms with E-state index in [0.717, 1.165) is 44.3 Å². The van der Waals surface area contributed by atoms with E-state index in [1.54, 1.807) is 6.92 Å². The number of carbonyl (C=O) groups is 1. The summed E-state index contributed by atoms with van der Waals surface area (Å²) in [5.41, 5.74) is 5.67. The van der Waals surface area contributed by atoms with Crippen LogP contribution in [-0.2, 0) is 7.05 Å². The minimum atomic E-state index is 0.0763. The summed E-state index contributed by atoms with van der Waals surface area (Å²) < 4.78 is 2.11. The van der Waals surface area contributed by atoms with Crippen LogP contribution in [-0.4, -0.2) is 15.3 Å². The number of Topliss-reactive ketones (excluding diaryl/α,β-unsaturated/α-hetero) is 1. The highest BCUT2D eigenvalue weighted by molar-refractivity contribution is 6.19. The van der Waals surface area contributed by atoms with Crippen LogP contribution in [0.3, 0.4) is 0 Å². The summed E-state index contributed by atoms with van der Waals surface area (Å²) in [5.74, 6) is 0.0763. The molecule has 0 spiro atoms. The van der Waals surface area contributed by atoms with Crippen LogP contribution in [0.15, 0.2) is 54.6 Å². The van der Waals surface area contributed by atoms with E-state index in [4.69, 9.17) is 4.98 Å². The number of carbonyl (C=O) groups excluding carboxylic acids is 1. The summed E-state index contributed by atoms with van der Waals surface area (Å²) in [5, 5.41) is 2.03. The molecule has 0 radical (unpaired) electrons. The summed E-state index contributed by atoms with van der Waals surface area (Å²) in [7, 11) is 2.02. The van der Waals surface area contributed by atoms with Crippen LogP contribution < -0.4 is 0 Å². The van der Waals surface area contributed by atoms with Gasteiger partial charge in [0.2, 0.25) is 0 Å². The second-order valence-corrected chi connectivity index (χ2v) is 6.14. The lowest BCUT2D eigenvalue weighted by atomic mass is 10.00. The SMILES string of the molecule is CC(=O)c1c(C)n(C)c2c1c(-c1ccccc1)nc1ccccc12. The van der Waals surface area contributed by atoms with E-state index >= 15 is 0 Å². The van der Waals surface area contributed by atoms with Gasteiger partial charge in [0, 0.05) is 34.6 Å². The number of nitrogens with zero attached hydrogens (tertiary/aromatic N) is 2. The number of aryl methyl sites for hydroxylation is 1. The fourth-order valence-corrected chi connectivity index (χ4v) is 3.53. The average Bonchev–Trinajstić information content (AvgIpc) is 2.87. The molecule has 4 rings (SSSR count). The average molecular weight is 314 g/mol. The number of ketones is 1. The zero-order valence-corrected chi connectivity index (χ0v) is 14.0. The van der Waals surface area contributed by atoms with E-state index in [-0.39, 0.29) is 5.78 Å². The van der Waals surface area contributed by atoms with Gasteiger partial charge in [0.15, 0.2) is 5.78 Å². The standard InChI is InChI=1S/C21H18N2O/c1-13-18(14(2)24)19-20(15-9-5-4-6-10-15)22-17-12-8-7-11-16(17)21(19)23(13)3/h4-12H,1-3H3. The largest absolute Gasteiger partial charge is 0.347 e. The highest BCUT2D eigenvalue weighted by Crippen LogP contribution is 2.37. The van der Waals surface area contributed by atoms with E-state index < -0.39 is 0 Å². The summed E-state index contributed by atoms with van der Waals surface area (Å²) in [6, 6.07) is 18.2. The topological polar surface area (TPSA) is 34.9 Å². The Labute approximate surface area is 140 Å². The molecule has 2 aromatic heterocycles. The molecule has 0 bridgehead atoms. The Morgan fingerprint density at radius 2 is 1.67 bits per heavy atom. The van der Waals surface area contributed by atoms with E-state index in [0.29, 0.717) is 0 Å². The molecule has 118 valence electrons. The number of aromatic nitrogens is 2. The Bertz CT molecular complexity index is 1090. The molecule has 3 nitrogen and oxygen atoms in total. The number of pyridine rings is 1. The van der Waals surface area contributed by atoms with Crippen molar-refractivity contribution >= 4 is 27.6 Å². The molecular weight excluding hydrogens is 296 g/mol. The fraction of sp³-hybridized carbons (Fsp3) is 0.143. The van der Waals surface area contributed by atoms with Crippen LogP contribution in [0.4, 0.5) is 0 Å². The van der Waals surface area contributed by atoms with Crippen LogP contribution in [0, 0.1) is 6.92 Å². The molecule has 2 aromatic carbocycles. The first-order valence-electron chi connectivity index (χ1n) is 8.03. The predicted octanol–water partition coefficient (Wildman–Crippen LogP) is 4.90. The zero-order chi connectivity index (χ0) is 16.8. The van der Waals surface area contributed by atoms with Gasteiger partial charge in [0.25, 0.3) is 0 Å². The van der Waals surface area contributed by atoms with Crippen LogP contribution in [0.25, 0.3) is 33.1 Å². The second-order valence-electron chi connectivity index (χ2n) is 6.14. The first kappa shape index (κ1) is 14.6. The predicted molar refractivity (Wildman–Crippen MR) is 98.4 cm³/mol. The smallest absolute Gasteiger partial charge is 0.162 e. The summed E-state index contributed by atoms with van der Waals surface area (Å²) in [4.78, 5) is 17.3. The van der Waals surface area contributed by atoms with Gasteiger partial charge >= 0.3 is 0 Å². The lowest BCUT2D eigenvalue weighted by molar-refractivity contribution is 0.101. The molecule has 0 aliphatic carbocycles. The quantitative estimate of drug-likeness (QED) is 0.493. The third-order valence-corrected chi connectivity index (χ3v) is 4.71. The Morgan fingerprint density at radius 1 is 1.00 bits per heavy atom. The van der Waals surface area contributed by atoms with Crippen molar-refractivity contribution in [1.82, 2.24) is 9.55 Å². The number of benzene rings is 2. The van der Waals surface area contributed by atoms with Crippen molar-refractivity contribution in [2.45, 2.75) is 13.8 Å². The number of para-hydroxylation sites is 1. The molecule has 0 saturated carbocycles. The van der Waals surface area contributed by atoms with Crippen molar-refractivity contribution in [3.8, 4) is 11.3 Å². The number of hydrogen-bond donors (Lipinski definition) is 0. The maximum atomic E-state index is 12.4. The van der Waals surface area contributed by atoms with Gasteiger partial charge in [0.1, 0.15) is 0 Å². The van der Waals surface area contributed by atoms with Gasteiger partial charge in [0.05, 0.1) is 16.7 Å². The van der Waals surface area contributed by atoms with Gasteiger partial charge in [-0.25, -0.2) is 4.98 Å². The minimum absolute atomic E-state index is 0.0763. The van der Waals surface area contributed by atoms with Gasteiger partial charge in [-0.05, 0) is 19.9 Å². The molecule has 0 amide bonds. The van der Waals surface area contributed by atoms with Gasteiger partial charge in [-0.15, -0.1) is 0 Å². The zero-order valence-electron chi connectivity index (χ0n) is 14.0. The molecule has 0 N–H and O–H groups in total. The summed E-state index contributed by atoms with van der Waals surface area (Å²) in [6.07, 6.45) is 0. The Balaban J connectivity index is 2.30. The van der Waals surface area contributed by atoms with Gasteiger partial charge < -0.3 is 4.57 Å². The molecule has 0 fully saturated rings. The third kappa shape index (κ3) is 1.98. The Kier molecular flexibility index (Phi) is 3.24. The molecule has 0 unspecified atom stereocenters. The lowest BCUT2D eigenvalue weighted by Gasteiger charge is -2.09. The number of rotatable bonds is 2. The molecule has 4 aromatic rings. The molecule has 3 heteroatoms. The molecule has 0 aliphatic heterocycles. The van der Waals surface area contributed by atoms with Gasteiger partial charge in [-0.1, -0.05) is 48.5 Å². The van der Waals surface area contributed by atoms with Crippen LogP contribution in [0.5, 0.6) is 0 Å². The van der Waals surface area contributed by atoms with Crippen molar-refractivity contribution in [1.29, 1.82) is 0 Å². The molecule has 0 atom stereocenters. The van der Waals surface area contributed by atoms with E-state index in [1.807, 2.05) is 62.5 Å². The monoisotopic (exact) mass is 314 g/mol. The van der Waals surface area contributed by atoms with Crippen molar-refractivity contribution < 1.29 is 4.79 Å². The lowest BCUT2D eigenvalue weighted by Crippen LogP contribution is -1.97. The molecule has 24 heavy (non-hydrogen) atoms. The minimum Gasteiger partial charge on any atom is -0.347 e. The normalized spacial score (nSPS) is 11.3. The molecule has 0 saturated heterocycles. The Hall–Kier alpha value is -2.94. The number of hydrogen-bond acceptors (Lipinski definition) is 2. The van der Waals surface area contributed by atoms with Gasteiger partial charge in [-0.3, -0.25) is 4.79 Å². The third-order valence-electron chi connectivity index (χ3n) is 4.71. The van der Waals surface area contributed by atoms with Crippen LogP contribution in [0.2, 0.25) is 0 Å². The molecular formula is C21H18N2O. The molecule has 0 aliphatic rings. The summed E-state index contributed by atoms with van der Waals surface area (Å²) in [6.45, 7) is 3.63. The first-order valence-corrected chi connectivity index (χ1v) is 8.03. The van der Waals surface area contributed by atoms with Crippen LogP contribution >= 0.6 is 0 Å². The maximum absolute atomic E-state index is 12.4. The highest BCUT2D eigenvalue weighted by Gasteiger charge is 2.22. The fourth-order valence-electron chi connectivity index (χ4n) is 3.53. The van der Waals surface area contributed by atoms with E-state index in [9.17, 15) is 4.79 Å². The van der Waals surface area contributed by atoms with Crippen LogP contribution in [0.1, 0.15) is 23.0 Å². The molecule has 2 heterocycles. The van der Waals surface area contributed by atoms with Gasteiger partial charge in [-0.2, -0.15) is 0 Å². The first-order chi connectivity index (χ1) is 11.6. The van der Waals surface area contributed by atoms with Crippen molar-refractivity contribution in [3.63, 3.8) is 0 Å². The van der Waals surface area contributed by atoms with Crippen molar-refractivity contribution in [2.75, 3.05) is 0 Å². The summed E-state index contributed by atoms with van der Waals surface area (Å²) >= 11 is 0. The maximum Gasteiger partial charge on any atom is 0.162 e. The van der Waals surface area contributed by atoms with E-state index in [1.165, 1.54) is 0 Å². The Morgan fingerprint density at radius 3 is 2.38 bits per heavy atom.